The lowest BCUT2D eigenvalue weighted by atomic mass is 10.1. The number of hydrogen-bond donors (Lipinski definition) is 2. The topological polar surface area (TPSA) is 67.4 Å². The van der Waals surface area contributed by atoms with Gasteiger partial charge in [-0.3, -0.25) is 9.59 Å². The van der Waals surface area contributed by atoms with E-state index in [1.54, 1.807) is 48.5 Å². The molecule has 2 N–H and O–H groups in total. The van der Waals surface area contributed by atoms with Crippen LogP contribution in [-0.4, -0.2) is 11.8 Å². The molecular formula is C34H24N2O3. The van der Waals surface area contributed by atoms with Gasteiger partial charge < -0.3 is 15.4 Å². The molecule has 0 unspecified atom stereocenters. The quantitative estimate of drug-likeness (QED) is 0.238. The molecule has 6 rings (SSSR count). The Balaban J connectivity index is 1.07. The van der Waals surface area contributed by atoms with Crippen LogP contribution in [-0.2, 0) is 0 Å². The van der Waals surface area contributed by atoms with Crippen molar-refractivity contribution in [2.75, 3.05) is 10.6 Å². The van der Waals surface area contributed by atoms with E-state index in [1.807, 2.05) is 84.9 Å². The molecule has 0 aliphatic carbocycles. The summed E-state index contributed by atoms with van der Waals surface area (Å²) < 4.78 is 5.92. The van der Waals surface area contributed by atoms with Crippen molar-refractivity contribution >= 4 is 44.7 Å². The number of benzene rings is 6. The molecule has 0 radical (unpaired) electrons. The number of anilines is 2. The van der Waals surface area contributed by atoms with Gasteiger partial charge in [-0.2, -0.15) is 0 Å². The minimum atomic E-state index is -0.196. The number of fused-ring (bicyclic) bond motifs is 2. The van der Waals surface area contributed by atoms with E-state index < -0.39 is 0 Å². The van der Waals surface area contributed by atoms with Gasteiger partial charge in [0.05, 0.1) is 0 Å². The van der Waals surface area contributed by atoms with E-state index in [0.29, 0.717) is 22.6 Å². The molecule has 0 spiro atoms. The van der Waals surface area contributed by atoms with E-state index in [2.05, 4.69) is 10.6 Å². The molecule has 0 aliphatic rings. The van der Waals surface area contributed by atoms with Gasteiger partial charge in [-0.15, -0.1) is 0 Å². The lowest BCUT2D eigenvalue weighted by molar-refractivity contribution is 0.101. The Hall–Kier alpha value is -5.42. The van der Waals surface area contributed by atoms with Crippen LogP contribution >= 0.6 is 0 Å². The summed E-state index contributed by atoms with van der Waals surface area (Å²) >= 11 is 0. The molecule has 0 saturated heterocycles. The van der Waals surface area contributed by atoms with Crippen molar-refractivity contribution in [1.82, 2.24) is 0 Å². The van der Waals surface area contributed by atoms with Crippen LogP contribution < -0.4 is 15.4 Å². The van der Waals surface area contributed by atoms with Gasteiger partial charge in [0.2, 0.25) is 0 Å². The van der Waals surface area contributed by atoms with Crippen molar-refractivity contribution in [2.45, 2.75) is 0 Å². The maximum Gasteiger partial charge on any atom is 0.255 e. The molecule has 2 amide bonds. The van der Waals surface area contributed by atoms with Gasteiger partial charge in [0.15, 0.2) is 0 Å². The highest BCUT2D eigenvalue weighted by molar-refractivity contribution is 6.06. The van der Waals surface area contributed by atoms with Crippen LogP contribution in [0.1, 0.15) is 20.7 Å². The Morgan fingerprint density at radius 3 is 1.23 bits per heavy atom. The smallest absolute Gasteiger partial charge is 0.255 e. The molecule has 0 fully saturated rings. The van der Waals surface area contributed by atoms with Crippen LogP contribution in [0.3, 0.4) is 0 Å². The van der Waals surface area contributed by atoms with Crippen LogP contribution in [0.25, 0.3) is 21.5 Å². The van der Waals surface area contributed by atoms with Crippen LogP contribution in [0.4, 0.5) is 11.4 Å². The SMILES string of the molecule is O=C(Nc1ccc2ccccc2c1)c1ccc(Oc2ccc(C(=O)Nc3ccc4ccccc4c3)cc2)cc1. The molecule has 6 aromatic rings. The minimum Gasteiger partial charge on any atom is -0.457 e. The molecule has 0 aromatic heterocycles. The Morgan fingerprint density at radius 2 is 0.821 bits per heavy atom. The fourth-order valence-electron chi connectivity index (χ4n) is 4.43. The molecule has 0 saturated carbocycles. The van der Waals surface area contributed by atoms with Gasteiger partial charge in [0, 0.05) is 22.5 Å². The van der Waals surface area contributed by atoms with Gasteiger partial charge in [-0.25, -0.2) is 0 Å². The average Bonchev–Trinajstić information content (AvgIpc) is 2.98. The van der Waals surface area contributed by atoms with Gasteiger partial charge >= 0.3 is 0 Å². The number of nitrogens with one attached hydrogen (secondary N) is 2. The highest BCUT2D eigenvalue weighted by Crippen LogP contribution is 2.24. The zero-order valence-electron chi connectivity index (χ0n) is 20.9. The summed E-state index contributed by atoms with van der Waals surface area (Å²) in [4.78, 5) is 25.5. The maximum absolute atomic E-state index is 12.7. The van der Waals surface area contributed by atoms with Crippen molar-refractivity contribution in [1.29, 1.82) is 0 Å². The molecule has 6 aromatic carbocycles. The van der Waals surface area contributed by atoms with E-state index in [4.69, 9.17) is 4.74 Å². The van der Waals surface area contributed by atoms with Crippen molar-refractivity contribution in [3.05, 3.63) is 145 Å². The Bertz CT molecular complexity index is 1670. The fourth-order valence-corrected chi connectivity index (χ4v) is 4.43. The number of carbonyl (C=O) groups excluding carboxylic acids is 2. The largest absolute Gasteiger partial charge is 0.457 e. The van der Waals surface area contributed by atoms with E-state index in [-0.39, 0.29) is 11.8 Å². The minimum absolute atomic E-state index is 0.196. The summed E-state index contributed by atoms with van der Waals surface area (Å²) in [6, 6.07) is 41.6. The van der Waals surface area contributed by atoms with E-state index >= 15 is 0 Å². The number of carbonyl (C=O) groups is 2. The first-order valence-electron chi connectivity index (χ1n) is 12.6. The Morgan fingerprint density at radius 1 is 0.436 bits per heavy atom. The summed E-state index contributed by atoms with van der Waals surface area (Å²) in [5, 5.41) is 10.3. The van der Waals surface area contributed by atoms with Crippen molar-refractivity contribution in [3.63, 3.8) is 0 Å². The monoisotopic (exact) mass is 508 g/mol. The highest BCUT2D eigenvalue weighted by atomic mass is 16.5. The van der Waals surface area contributed by atoms with Crippen molar-refractivity contribution in [2.24, 2.45) is 0 Å². The number of hydrogen-bond acceptors (Lipinski definition) is 3. The molecule has 0 bridgehead atoms. The Labute approximate surface area is 225 Å². The zero-order valence-corrected chi connectivity index (χ0v) is 20.9. The summed E-state index contributed by atoms with van der Waals surface area (Å²) in [5.74, 6) is 0.786. The normalized spacial score (nSPS) is 10.8. The zero-order chi connectivity index (χ0) is 26.6. The molecule has 39 heavy (non-hydrogen) atoms. The second-order valence-electron chi connectivity index (χ2n) is 9.18. The van der Waals surface area contributed by atoms with Gasteiger partial charge in [-0.1, -0.05) is 60.7 Å². The van der Waals surface area contributed by atoms with E-state index in [9.17, 15) is 9.59 Å². The van der Waals surface area contributed by atoms with E-state index in [0.717, 1.165) is 32.9 Å². The van der Waals surface area contributed by atoms with Crippen LogP contribution in [0.2, 0.25) is 0 Å². The average molecular weight is 509 g/mol. The third kappa shape index (κ3) is 5.48. The highest BCUT2D eigenvalue weighted by Gasteiger charge is 2.09. The molecule has 188 valence electrons. The molecule has 0 heterocycles. The lowest BCUT2D eigenvalue weighted by Crippen LogP contribution is -2.11. The lowest BCUT2D eigenvalue weighted by Gasteiger charge is -2.10. The fraction of sp³-hybridized carbons (Fsp3) is 0. The second-order valence-corrected chi connectivity index (χ2v) is 9.18. The summed E-state index contributed by atoms with van der Waals surface area (Å²) in [7, 11) is 0. The van der Waals surface area contributed by atoms with Gasteiger partial charge in [-0.05, 0) is 94.3 Å². The predicted octanol–water partition coefficient (Wildman–Crippen LogP) is 8.29. The van der Waals surface area contributed by atoms with Crippen LogP contribution in [0.15, 0.2) is 133 Å². The molecule has 0 atom stereocenters. The van der Waals surface area contributed by atoms with Crippen molar-refractivity contribution < 1.29 is 14.3 Å². The molecule has 5 nitrogen and oxygen atoms in total. The second kappa shape index (κ2) is 10.5. The third-order valence-electron chi connectivity index (χ3n) is 6.48. The predicted molar refractivity (Wildman–Crippen MR) is 157 cm³/mol. The van der Waals surface area contributed by atoms with Gasteiger partial charge in [0.1, 0.15) is 11.5 Å². The number of rotatable bonds is 6. The van der Waals surface area contributed by atoms with E-state index in [1.165, 1.54) is 0 Å². The first kappa shape index (κ1) is 23.9. The number of amides is 2. The number of ether oxygens (including phenoxy) is 1. The first-order chi connectivity index (χ1) is 19.1. The van der Waals surface area contributed by atoms with Crippen LogP contribution in [0.5, 0.6) is 11.5 Å². The van der Waals surface area contributed by atoms with Crippen LogP contribution in [0, 0.1) is 0 Å². The first-order valence-corrected chi connectivity index (χ1v) is 12.6. The maximum atomic E-state index is 12.7. The standard InChI is InChI=1S/C34H24N2O3/c37-33(35-29-15-9-23-5-1-3-7-27(23)21-29)25-11-17-31(18-12-25)39-32-19-13-26(14-20-32)34(38)36-30-16-10-24-6-2-4-8-28(24)22-30/h1-22H,(H,35,37)(H,36,38). The molecular weight excluding hydrogens is 484 g/mol. The van der Waals surface area contributed by atoms with Crippen molar-refractivity contribution in [3.8, 4) is 11.5 Å². The molecule has 5 heteroatoms. The summed E-state index contributed by atoms with van der Waals surface area (Å²) in [6.45, 7) is 0. The summed E-state index contributed by atoms with van der Waals surface area (Å²) in [6.07, 6.45) is 0. The molecule has 0 aliphatic heterocycles. The van der Waals surface area contributed by atoms with Gasteiger partial charge in [0.25, 0.3) is 11.8 Å². The third-order valence-corrected chi connectivity index (χ3v) is 6.48. The summed E-state index contributed by atoms with van der Waals surface area (Å²) in [5.41, 5.74) is 2.53. The Kier molecular flexibility index (Phi) is 6.46.